The molecule has 1 aromatic carbocycles. The molecule has 1 fully saturated rings. The zero-order chi connectivity index (χ0) is 11.2. The molecule has 0 spiro atoms. The Bertz CT molecular complexity index is 296. The van der Waals surface area contributed by atoms with Gasteiger partial charge in [-0.2, -0.15) is 0 Å². The molecule has 2 atom stereocenters. The average molecular weight is 220 g/mol. The fourth-order valence-electron chi connectivity index (χ4n) is 2.10. The maximum absolute atomic E-state index is 5.79. The molecule has 2 unspecified atom stereocenters. The standard InChI is InChI=1S/C13H20N2O/c14-9-13(11-5-2-1-3-6-11)15-10-12-7-4-8-16-12/h1-3,5-6,12-13,15H,4,7-10,14H2. The van der Waals surface area contributed by atoms with Crippen LogP contribution >= 0.6 is 0 Å². The summed E-state index contributed by atoms with van der Waals surface area (Å²) in [7, 11) is 0. The molecule has 88 valence electrons. The Balaban J connectivity index is 1.85. The van der Waals surface area contributed by atoms with E-state index in [1.807, 2.05) is 18.2 Å². The first-order valence-corrected chi connectivity index (χ1v) is 6.00. The van der Waals surface area contributed by atoms with Gasteiger partial charge in [-0.15, -0.1) is 0 Å². The van der Waals surface area contributed by atoms with Crippen LogP contribution in [0.15, 0.2) is 30.3 Å². The summed E-state index contributed by atoms with van der Waals surface area (Å²) in [5.74, 6) is 0. The van der Waals surface area contributed by atoms with Crippen molar-refractivity contribution in [3.05, 3.63) is 35.9 Å². The van der Waals surface area contributed by atoms with Gasteiger partial charge in [0.15, 0.2) is 0 Å². The smallest absolute Gasteiger partial charge is 0.0700 e. The van der Waals surface area contributed by atoms with Crippen molar-refractivity contribution in [2.75, 3.05) is 19.7 Å². The second kappa shape index (κ2) is 5.99. The Morgan fingerprint density at radius 1 is 1.38 bits per heavy atom. The molecule has 2 rings (SSSR count). The molecular weight excluding hydrogens is 200 g/mol. The van der Waals surface area contributed by atoms with E-state index in [9.17, 15) is 0 Å². The van der Waals surface area contributed by atoms with E-state index in [1.54, 1.807) is 0 Å². The van der Waals surface area contributed by atoms with Crippen LogP contribution in [0, 0.1) is 0 Å². The van der Waals surface area contributed by atoms with Gasteiger partial charge in [-0.3, -0.25) is 0 Å². The zero-order valence-corrected chi connectivity index (χ0v) is 9.56. The highest BCUT2D eigenvalue weighted by atomic mass is 16.5. The fourth-order valence-corrected chi connectivity index (χ4v) is 2.10. The van der Waals surface area contributed by atoms with Gasteiger partial charge >= 0.3 is 0 Å². The van der Waals surface area contributed by atoms with E-state index >= 15 is 0 Å². The summed E-state index contributed by atoms with van der Waals surface area (Å²) in [5, 5.41) is 3.48. The van der Waals surface area contributed by atoms with Crippen LogP contribution in [-0.4, -0.2) is 25.8 Å². The summed E-state index contributed by atoms with van der Waals surface area (Å²) in [4.78, 5) is 0. The highest BCUT2D eigenvalue weighted by Gasteiger charge is 2.17. The predicted octanol–water partition coefficient (Wildman–Crippen LogP) is 1.45. The van der Waals surface area contributed by atoms with Crippen LogP contribution in [-0.2, 0) is 4.74 Å². The monoisotopic (exact) mass is 220 g/mol. The molecule has 1 saturated heterocycles. The van der Waals surface area contributed by atoms with Gasteiger partial charge in [-0.1, -0.05) is 30.3 Å². The lowest BCUT2D eigenvalue weighted by atomic mass is 10.1. The van der Waals surface area contributed by atoms with Crippen molar-refractivity contribution in [3.8, 4) is 0 Å². The van der Waals surface area contributed by atoms with Crippen LogP contribution < -0.4 is 11.1 Å². The second-order valence-corrected chi connectivity index (χ2v) is 4.24. The summed E-state index contributed by atoms with van der Waals surface area (Å²) in [5.41, 5.74) is 7.04. The van der Waals surface area contributed by atoms with E-state index in [2.05, 4.69) is 17.4 Å². The van der Waals surface area contributed by atoms with Gasteiger partial charge in [0, 0.05) is 25.7 Å². The molecule has 0 amide bonds. The Kier molecular flexibility index (Phi) is 4.34. The minimum atomic E-state index is 0.241. The Hall–Kier alpha value is -0.900. The lowest BCUT2D eigenvalue weighted by Gasteiger charge is -2.19. The normalized spacial score (nSPS) is 22.2. The van der Waals surface area contributed by atoms with Gasteiger partial charge in [0.05, 0.1) is 6.10 Å². The molecule has 1 aliphatic heterocycles. The zero-order valence-electron chi connectivity index (χ0n) is 9.56. The second-order valence-electron chi connectivity index (χ2n) is 4.24. The van der Waals surface area contributed by atoms with Crippen molar-refractivity contribution >= 4 is 0 Å². The van der Waals surface area contributed by atoms with E-state index in [-0.39, 0.29) is 6.04 Å². The van der Waals surface area contributed by atoms with Gasteiger partial charge in [0.1, 0.15) is 0 Å². The molecule has 0 saturated carbocycles. The van der Waals surface area contributed by atoms with Gasteiger partial charge < -0.3 is 15.8 Å². The number of hydrogen-bond acceptors (Lipinski definition) is 3. The first kappa shape index (κ1) is 11.6. The van der Waals surface area contributed by atoms with Crippen molar-refractivity contribution in [1.82, 2.24) is 5.32 Å². The SMILES string of the molecule is NCC(NCC1CCCO1)c1ccccc1. The lowest BCUT2D eigenvalue weighted by Crippen LogP contribution is -2.34. The van der Waals surface area contributed by atoms with E-state index in [0.29, 0.717) is 12.6 Å². The Morgan fingerprint density at radius 2 is 2.19 bits per heavy atom. The summed E-state index contributed by atoms with van der Waals surface area (Å²) in [6, 6.07) is 10.6. The van der Waals surface area contributed by atoms with Crippen molar-refractivity contribution in [1.29, 1.82) is 0 Å². The van der Waals surface area contributed by atoms with Gasteiger partial charge in [0.2, 0.25) is 0 Å². The maximum Gasteiger partial charge on any atom is 0.0700 e. The predicted molar refractivity (Wildman–Crippen MR) is 65.2 cm³/mol. The van der Waals surface area contributed by atoms with E-state index in [4.69, 9.17) is 10.5 Å². The summed E-state index contributed by atoms with van der Waals surface area (Å²) in [6.07, 6.45) is 2.72. The molecule has 3 heteroatoms. The molecule has 1 aromatic rings. The topological polar surface area (TPSA) is 47.3 Å². The van der Waals surface area contributed by atoms with E-state index in [0.717, 1.165) is 13.2 Å². The van der Waals surface area contributed by atoms with E-state index < -0.39 is 0 Å². The van der Waals surface area contributed by atoms with Crippen molar-refractivity contribution < 1.29 is 4.74 Å². The van der Waals surface area contributed by atoms with Crippen LogP contribution in [0.3, 0.4) is 0 Å². The molecule has 1 aliphatic rings. The third-order valence-corrected chi connectivity index (χ3v) is 3.05. The lowest BCUT2D eigenvalue weighted by molar-refractivity contribution is 0.107. The minimum absolute atomic E-state index is 0.241. The van der Waals surface area contributed by atoms with Crippen LogP contribution in [0.25, 0.3) is 0 Å². The molecule has 1 heterocycles. The van der Waals surface area contributed by atoms with Crippen molar-refractivity contribution in [2.45, 2.75) is 25.0 Å². The van der Waals surface area contributed by atoms with Gasteiger partial charge in [-0.05, 0) is 18.4 Å². The van der Waals surface area contributed by atoms with Crippen LogP contribution in [0.2, 0.25) is 0 Å². The van der Waals surface area contributed by atoms with Crippen molar-refractivity contribution in [2.24, 2.45) is 5.73 Å². The first-order valence-electron chi connectivity index (χ1n) is 6.00. The fraction of sp³-hybridized carbons (Fsp3) is 0.538. The minimum Gasteiger partial charge on any atom is -0.377 e. The van der Waals surface area contributed by atoms with Crippen LogP contribution in [0.4, 0.5) is 0 Å². The molecule has 0 radical (unpaired) electrons. The highest BCUT2D eigenvalue weighted by molar-refractivity contribution is 5.19. The molecule has 0 bridgehead atoms. The molecular formula is C13H20N2O. The van der Waals surface area contributed by atoms with Crippen LogP contribution in [0.1, 0.15) is 24.4 Å². The molecule has 3 N–H and O–H groups in total. The Morgan fingerprint density at radius 3 is 2.81 bits per heavy atom. The van der Waals surface area contributed by atoms with Crippen molar-refractivity contribution in [3.63, 3.8) is 0 Å². The number of ether oxygens (including phenoxy) is 1. The third-order valence-electron chi connectivity index (χ3n) is 3.05. The summed E-state index contributed by atoms with van der Waals surface area (Å²) in [6.45, 7) is 2.43. The number of benzene rings is 1. The molecule has 0 aliphatic carbocycles. The largest absolute Gasteiger partial charge is 0.377 e. The highest BCUT2D eigenvalue weighted by Crippen LogP contribution is 2.14. The number of nitrogens with one attached hydrogen (secondary N) is 1. The summed E-state index contributed by atoms with van der Waals surface area (Å²) >= 11 is 0. The number of rotatable bonds is 5. The molecule has 16 heavy (non-hydrogen) atoms. The average Bonchev–Trinajstić information content (AvgIpc) is 2.84. The molecule has 0 aromatic heterocycles. The Labute approximate surface area is 97.0 Å². The maximum atomic E-state index is 5.79. The number of nitrogens with two attached hydrogens (primary N) is 1. The summed E-state index contributed by atoms with van der Waals surface area (Å²) < 4.78 is 5.58. The number of hydrogen-bond donors (Lipinski definition) is 2. The quantitative estimate of drug-likeness (QED) is 0.789. The first-order chi connectivity index (χ1) is 7.90. The van der Waals surface area contributed by atoms with Crippen LogP contribution in [0.5, 0.6) is 0 Å². The van der Waals surface area contributed by atoms with Gasteiger partial charge in [0.25, 0.3) is 0 Å². The van der Waals surface area contributed by atoms with Gasteiger partial charge in [-0.25, -0.2) is 0 Å². The van der Waals surface area contributed by atoms with E-state index in [1.165, 1.54) is 18.4 Å². The third kappa shape index (κ3) is 3.04. The molecule has 3 nitrogen and oxygen atoms in total.